The largest absolute Gasteiger partial charge is 0.369 e. The van der Waals surface area contributed by atoms with Crippen LogP contribution in [0.25, 0.3) is 0 Å². The molecule has 1 unspecified atom stereocenters. The summed E-state index contributed by atoms with van der Waals surface area (Å²) in [5.74, 6) is 1.66. The summed E-state index contributed by atoms with van der Waals surface area (Å²) in [5, 5.41) is 10.8. The Kier molecular flexibility index (Phi) is 7.18. The van der Waals surface area contributed by atoms with Gasteiger partial charge in [-0.1, -0.05) is 17.7 Å². The van der Waals surface area contributed by atoms with Crippen molar-refractivity contribution < 1.29 is 4.79 Å². The number of aromatic nitrogens is 2. The summed E-state index contributed by atoms with van der Waals surface area (Å²) in [6.07, 6.45) is 5.40. The van der Waals surface area contributed by atoms with Gasteiger partial charge >= 0.3 is 6.03 Å². The lowest BCUT2D eigenvalue weighted by atomic mass is 9.97. The van der Waals surface area contributed by atoms with E-state index in [4.69, 9.17) is 11.6 Å². The van der Waals surface area contributed by atoms with E-state index in [1.165, 1.54) is 5.57 Å². The van der Waals surface area contributed by atoms with E-state index in [-0.39, 0.29) is 17.6 Å². The maximum Gasteiger partial charge on any atom is 0.318 e. The van der Waals surface area contributed by atoms with Crippen molar-refractivity contribution in [3.63, 3.8) is 0 Å². The molecule has 5 rings (SSSR count). The summed E-state index contributed by atoms with van der Waals surface area (Å²) in [6.45, 7) is 11.4. The zero-order valence-electron chi connectivity index (χ0n) is 22.1. The first kappa shape index (κ1) is 25.6. The lowest BCUT2D eigenvalue weighted by Crippen LogP contribution is -2.50. The smallest absolute Gasteiger partial charge is 0.318 e. The second-order valence-electron chi connectivity index (χ2n) is 11.2. The molecule has 0 radical (unpaired) electrons. The van der Waals surface area contributed by atoms with Crippen LogP contribution >= 0.6 is 11.6 Å². The predicted octanol–water partition coefficient (Wildman–Crippen LogP) is 4.10. The third-order valence-electron chi connectivity index (χ3n) is 7.14. The van der Waals surface area contributed by atoms with Crippen LogP contribution in [0, 0.1) is 0 Å². The van der Waals surface area contributed by atoms with Gasteiger partial charge in [0.2, 0.25) is 0 Å². The summed E-state index contributed by atoms with van der Waals surface area (Å²) in [7, 11) is 2.16. The average Bonchev–Trinajstić information content (AvgIpc) is 3.29. The molecule has 0 bridgehead atoms. The molecule has 1 aromatic heterocycles. The van der Waals surface area contributed by atoms with Gasteiger partial charge in [0, 0.05) is 73.2 Å². The third kappa shape index (κ3) is 6.10. The molecule has 1 fully saturated rings. The molecule has 37 heavy (non-hydrogen) atoms. The van der Waals surface area contributed by atoms with Crippen molar-refractivity contribution >= 4 is 40.6 Å². The van der Waals surface area contributed by atoms with Crippen LogP contribution in [0.15, 0.2) is 36.2 Å². The van der Waals surface area contributed by atoms with E-state index in [9.17, 15) is 4.79 Å². The minimum absolute atomic E-state index is 0.0136. The SMILES string of the molecule is CN1CCN(c2cc(Cl)cc(Nc3ncnc4c3CC(C3=CCN(C(=O)NC(C)(C)C)CC3)N4)c2)CC1. The fourth-order valence-electron chi connectivity index (χ4n) is 5.10. The van der Waals surface area contributed by atoms with Crippen LogP contribution in [-0.2, 0) is 6.42 Å². The standard InChI is InChI=1S/C27H37ClN8O/c1-27(2,3)33-26(37)36-7-5-18(6-8-36)23-16-22-24(29-17-30-25(22)32-23)31-20-13-19(28)14-21(15-20)35-11-9-34(4)10-12-35/h5,13-15,17,23H,6-12,16H2,1-4H3,(H,33,37)(H2,29,30,31,32). The molecule has 1 atom stereocenters. The number of rotatable bonds is 4. The quantitative estimate of drug-likeness (QED) is 0.519. The van der Waals surface area contributed by atoms with E-state index in [1.54, 1.807) is 6.33 Å². The number of likely N-dealkylation sites (N-methyl/N-ethyl adjacent to an activating group) is 1. The van der Waals surface area contributed by atoms with Gasteiger partial charge in [0.15, 0.2) is 0 Å². The molecule has 4 heterocycles. The van der Waals surface area contributed by atoms with Crippen LogP contribution in [0.2, 0.25) is 5.02 Å². The first-order chi connectivity index (χ1) is 17.6. The van der Waals surface area contributed by atoms with Crippen molar-refractivity contribution in [2.24, 2.45) is 0 Å². The van der Waals surface area contributed by atoms with Gasteiger partial charge in [0.25, 0.3) is 0 Å². The van der Waals surface area contributed by atoms with Crippen molar-refractivity contribution in [1.82, 2.24) is 25.1 Å². The zero-order valence-corrected chi connectivity index (χ0v) is 22.9. The average molecular weight is 525 g/mol. The number of anilines is 4. The molecule has 0 saturated carbocycles. The molecule has 9 nitrogen and oxygen atoms in total. The Hall–Kier alpha value is -3.04. The Labute approximate surface area is 224 Å². The van der Waals surface area contributed by atoms with Crippen LogP contribution < -0.4 is 20.9 Å². The summed E-state index contributed by atoms with van der Waals surface area (Å²) < 4.78 is 0. The minimum Gasteiger partial charge on any atom is -0.369 e. The maximum atomic E-state index is 12.5. The van der Waals surface area contributed by atoms with Crippen molar-refractivity contribution in [1.29, 1.82) is 0 Å². The van der Waals surface area contributed by atoms with Crippen LogP contribution in [-0.4, -0.2) is 83.7 Å². The molecule has 0 aliphatic carbocycles. The van der Waals surface area contributed by atoms with E-state index in [2.05, 4.69) is 54.9 Å². The molecule has 0 spiro atoms. The van der Waals surface area contributed by atoms with E-state index in [0.29, 0.717) is 18.1 Å². The first-order valence-electron chi connectivity index (χ1n) is 13.0. The Morgan fingerprint density at radius 1 is 1.11 bits per heavy atom. The number of carbonyl (C=O) groups is 1. The molecule has 3 aliphatic rings. The Bertz CT molecular complexity index is 1190. The number of halogens is 1. The Morgan fingerprint density at radius 3 is 2.59 bits per heavy atom. The number of urea groups is 1. The van der Waals surface area contributed by atoms with Gasteiger partial charge in [-0.15, -0.1) is 0 Å². The zero-order chi connectivity index (χ0) is 26.2. The molecule has 10 heteroatoms. The summed E-state index contributed by atoms with van der Waals surface area (Å²) in [5.41, 5.74) is 4.18. The highest BCUT2D eigenvalue weighted by Crippen LogP contribution is 2.35. The second kappa shape index (κ2) is 10.4. The molecule has 1 aromatic carbocycles. The predicted molar refractivity (Wildman–Crippen MR) is 150 cm³/mol. The third-order valence-corrected chi connectivity index (χ3v) is 7.36. The van der Waals surface area contributed by atoms with Gasteiger partial charge in [0.05, 0.1) is 6.04 Å². The van der Waals surface area contributed by atoms with E-state index < -0.39 is 0 Å². The topological polar surface area (TPSA) is 88.7 Å². The number of nitrogens with one attached hydrogen (secondary N) is 3. The fourth-order valence-corrected chi connectivity index (χ4v) is 5.33. The summed E-state index contributed by atoms with van der Waals surface area (Å²) >= 11 is 6.51. The molecule has 2 amide bonds. The Balaban J connectivity index is 1.27. The number of amides is 2. The summed E-state index contributed by atoms with van der Waals surface area (Å²) in [4.78, 5) is 28.2. The molecular weight excluding hydrogens is 488 g/mol. The molecule has 1 saturated heterocycles. The van der Waals surface area contributed by atoms with Crippen LogP contribution in [0.4, 0.5) is 27.8 Å². The van der Waals surface area contributed by atoms with E-state index >= 15 is 0 Å². The first-order valence-corrected chi connectivity index (χ1v) is 13.4. The minimum atomic E-state index is -0.244. The van der Waals surface area contributed by atoms with E-state index in [1.807, 2.05) is 37.8 Å². The van der Waals surface area contributed by atoms with Crippen molar-refractivity contribution in [2.45, 2.75) is 45.2 Å². The number of benzene rings is 1. The molecule has 3 aliphatic heterocycles. The molecule has 2 aromatic rings. The highest BCUT2D eigenvalue weighted by molar-refractivity contribution is 6.31. The molecule has 198 valence electrons. The number of hydrogen-bond donors (Lipinski definition) is 3. The van der Waals surface area contributed by atoms with Gasteiger partial charge in [-0.2, -0.15) is 0 Å². The number of piperazine rings is 1. The van der Waals surface area contributed by atoms with Gasteiger partial charge in [0.1, 0.15) is 18.0 Å². The van der Waals surface area contributed by atoms with Crippen LogP contribution in [0.5, 0.6) is 0 Å². The molecule has 3 N–H and O–H groups in total. The molecular formula is C27H37ClN8O. The number of nitrogens with zero attached hydrogens (tertiary/aromatic N) is 5. The highest BCUT2D eigenvalue weighted by Gasteiger charge is 2.30. The van der Waals surface area contributed by atoms with Crippen molar-refractivity contribution in [3.8, 4) is 0 Å². The second-order valence-corrected chi connectivity index (χ2v) is 11.7. The van der Waals surface area contributed by atoms with Gasteiger partial charge in [-0.25, -0.2) is 14.8 Å². The van der Waals surface area contributed by atoms with Crippen molar-refractivity contribution in [3.05, 3.63) is 46.8 Å². The number of fused-ring (bicyclic) bond motifs is 1. The van der Waals surface area contributed by atoms with Gasteiger partial charge < -0.3 is 30.7 Å². The van der Waals surface area contributed by atoms with Gasteiger partial charge in [-0.05, 0) is 58.0 Å². The van der Waals surface area contributed by atoms with Crippen molar-refractivity contribution in [2.75, 3.05) is 61.8 Å². The maximum absolute atomic E-state index is 12.5. The monoisotopic (exact) mass is 524 g/mol. The number of carbonyl (C=O) groups excluding carboxylic acids is 1. The lowest BCUT2D eigenvalue weighted by Gasteiger charge is -2.34. The highest BCUT2D eigenvalue weighted by atomic mass is 35.5. The van der Waals surface area contributed by atoms with Crippen LogP contribution in [0.3, 0.4) is 0 Å². The van der Waals surface area contributed by atoms with Crippen LogP contribution in [0.1, 0.15) is 32.8 Å². The van der Waals surface area contributed by atoms with E-state index in [0.717, 1.165) is 67.6 Å². The number of hydrogen-bond acceptors (Lipinski definition) is 7. The fraction of sp³-hybridized carbons (Fsp3) is 0.519. The lowest BCUT2D eigenvalue weighted by molar-refractivity contribution is 0.192. The summed E-state index contributed by atoms with van der Waals surface area (Å²) in [6, 6.07) is 6.25. The normalized spacial score (nSPS) is 20.2. The van der Waals surface area contributed by atoms with Gasteiger partial charge in [-0.3, -0.25) is 0 Å². The Morgan fingerprint density at radius 2 is 1.89 bits per heavy atom.